The highest BCUT2D eigenvalue weighted by atomic mass is 19.4. The molecule has 1 aromatic carbocycles. The molecule has 0 fully saturated rings. The molecular weight excluding hydrogens is 427 g/mol. The van der Waals surface area contributed by atoms with Crippen LogP contribution in [0, 0.1) is 13.8 Å². The van der Waals surface area contributed by atoms with Gasteiger partial charge in [0.15, 0.2) is 0 Å². The minimum atomic E-state index is -4.65. The smallest absolute Gasteiger partial charge is 0.453 e. The number of rotatable bonds is 8. The summed E-state index contributed by atoms with van der Waals surface area (Å²) in [5.74, 6) is -0.0731. The third-order valence-corrected chi connectivity index (χ3v) is 5.07. The Bertz CT molecular complexity index is 1100. The number of fused-ring (bicyclic) bond motifs is 1. The molecule has 11 heteroatoms. The molecule has 2 heterocycles. The van der Waals surface area contributed by atoms with E-state index in [4.69, 9.17) is 9.47 Å². The van der Waals surface area contributed by atoms with Gasteiger partial charge in [-0.3, -0.25) is 4.79 Å². The van der Waals surface area contributed by atoms with Crippen LogP contribution >= 0.6 is 0 Å². The number of nitrogens with zero attached hydrogens (tertiary/aromatic N) is 5. The van der Waals surface area contributed by atoms with Gasteiger partial charge in [0.1, 0.15) is 18.1 Å². The average molecular weight is 451 g/mol. The van der Waals surface area contributed by atoms with Gasteiger partial charge in [-0.05, 0) is 50.1 Å². The molecule has 3 rings (SSSR count). The van der Waals surface area contributed by atoms with Crippen LogP contribution in [0.1, 0.15) is 29.2 Å². The molecule has 32 heavy (non-hydrogen) atoms. The van der Waals surface area contributed by atoms with Gasteiger partial charge in [0, 0.05) is 24.9 Å². The molecule has 3 aromatic rings. The van der Waals surface area contributed by atoms with Crippen molar-refractivity contribution in [1.82, 2.24) is 24.5 Å². The number of benzene rings is 1. The van der Waals surface area contributed by atoms with Crippen molar-refractivity contribution < 1.29 is 27.4 Å². The van der Waals surface area contributed by atoms with Crippen molar-refractivity contribution in [2.75, 3.05) is 27.3 Å². The molecule has 0 radical (unpaired) electrons. The van der Waals surface area contributed by atoms with Crippen molar-refractivity contribution in [1.29, 1.82) is 0 Å². The lowest BCUT2D eigenvalue weighted by atomic mass is 10.1. The van der Waals surface area contributed by atoms with E-state index < -0.39 is 12.0 Å². The van der Waals surface area contributed by atoms with Crippen molar-refractivity contribution in [3.63, 3.8) is 0 Å². The highest BCUT2D eigenvalue weighted by molar-refractivity contribution is 5.76. The summed E-state index contributed by atoms with van der Waals surface area (Å²) in [5, 5.41) is 3.53. The SMILES string of the molecule is COc1ccc(OCCN(C)C(=O)CCc2c(C)nc3nc(C(F)(F)F)nn3c2C)cc1. The Kier molecular flexibility index (Phi) is 6.85. The zero-order chi connectivity index (χ0) is 23.5. The number of ether oxygens (including phenoxy) is 2. The number of amides is 1. The lowest BCUT2D eigenvalue weighted by Crippen LogP contribution is -2.31. The number of likely N-dealkylation sites (N-methyl/N-ethyl adjacent to an activating group) is 1. The van der Waals surface area contributed by atoms with Crippen molar-refractivity contribution in [3.05, 3.63) is 47.0 Å². The summed E-state index contributed by atoms with van der Waals surface area (Å²) in [7, 11) is 3.26. The van der Waals surface area contributed by atoms with Crippen LogP contribution in [0.4, 0.5) is 13.2 Å². The van der Waals surface area contributed by atoms with Gasteiger partial charge >= 0.3 is 6.18 Å². The maximum atomic E-state index is 12.9. The number of alkyl halides is 3. The molecule has 0 N–H and O–H groups in total. The second-order valence-corrected chi connectivity index (χ2v) is 7.25. The maximum absolute atomic E-state index is 12.9. The monoisotopic (exact) mass is 451 g/mol. The molecule has 0 spiro atoms. The zero-order valence-electron chi connectivity index (χ0n) is 18.2. The number of carbonyl (C=O) groups is 1. The molecule has 0 atom stereocenters. The summed E-state index contributed by atoms with van der Waals surface area (Å²) >= 11 is 0. The van der Waals surface area contributed by atoms with Gasteiger partial charge in [-0.25, -0.2) is 9.50 Å². The van der Waals surface area contributed by atoms with E-state index in [2.05, 4.69) is 15.1 Å². The Morgan fingerprint density at radius 1 is 1.12 bits per heavy atom. The van der Waals surface area contributed by atoms with E-state index in [1.165, 1.54) is 0 Å². The zero-order valence-corrected chi connectivity index (χ0v) is 18.2. The summed E-state index contributed by atoms with van der Waals surface area (Å²) in [5.41, 5.74) is 1.68. The molecular formula is C21H24F3N5O3. The first-order chi connectivity index (χ1) is 15.1. The van der Waals surface area contributed by atoms with E-state index in [1.807, 2.05) is 0 Å². The van der Waals surface area contributed by atoms with Crippen molar-refractivity contribution in [2.24, 2.45) is 0 Å². The van der Waals surface area contributed by atoms with Gasteiger partial charge in [-0.1, -0.05) is 0 Å². The molecule has 0 unspecified atom stereocenters. The Hall–Kier alpha value is -3.37. The van der Waals surface area contributed by atoms with E-state index in [9.17, 15) is 18.0 Å². The molecule has 0 saturated heterocycles. The predicted octanol–water partition coefficient (Wildman–Crippen LogP) is 3.24. The Morgan fingerprint density at radius 3 is 2.41 bits per heavy atom. The first-order valence-electron chi connectivity index (χ1n) is 9.91. The predicted molar refractivity (Wildman–Crippen MR) is 110 cm³/mol. The van der Waals surface area contributed by atoms with Crippen molar-refractivity contribution in [3.8, 4) is 11.5 Å². The highest BCUT2D eigenvalue weighted by Gasteiger charge is 2.37. The van der Waals surface area contributed by atoms with Crippen molar-refractivity contribution >= 4 is 11.7 Å². The lowest BCUT2D eigenvalue weighted by molar-refractivity contribution is -0.144. The number of aryl methyl sites for hydroxylation is 2. The Labute approximate surface area is 183 Å². The van der Waals surface area contributed by atoms with E-state index in [0.717, 1.165) is 10.3 Å². The molecule has 172 valence electrons. The van der Waals surface area contributed by atoms with E-state index in [0.29, 0.717) is 42.3 Å². The van der Waals surface area contributed by atoms with E-state index in [1.54, 1.807) is 57.2 Å². The Balaban J connectivity index is 1.58. The standard InChI is InChI=1S/C21H24F3N5O3/c1-13-17(14(2)29-20(25-13)26-19(27-29)21(22,23)24)9-10-18(30)28(3)11-12-32-16-7-5-15(31-4)6-8-16/h5-8H,9-12H2,1-4H3. The molecule has 0 aliphatic rings. The number of hydrogen-bond acceptors (Lipinski definition) is 6. The fraction of sp³-hybridized carbons (Fsp3) is 0.429. The van der Waals surface area contributed by atoms with Gasteiger partial charge in [-0.2, -0.15) is 18.2 Å². The van der Waals surface area contributed by atoms with Crippen LogP contribution in [0.3, 0.4) is 0 Å². The van der Waals surface area contributed by atoms with Crippen LogP contribution in [-0.2, 0) is 17.4 Å². The van der Waals surface area contributed by atoms with Gasteiger partial charge in [0.05, 0.1) is 13.7 Å². The third kappa shape index (κ3) is 5.27. The maximum Gasteiger partial charge on any atom is 0.453 e. The van der Waals surface area contributed by atoms with Crippen LogP contribution in [0.25, 0.3) is 5.78 Å². The lowest BCUT2D eigenvalue weighted by Gasteiger charge is -2.18. The molecule has 2 aromatic heterocycles. The second-order valence-electron chi connectivity index (χ2n) is 7.25. The molecule has 8 nitrogen and oxygen atoms in total. The molecule has 0 bridgehead atoms. The minimum Gasteiger partial charge on any atom is -0.497 e. The van der Waals surface area contributed by atoms with Gasteiger partial charge in [-0.15, -0.1) is 5.10 Å². The van der Waals surface area contributed by atoms with Crippen LogP contribution in [0.15, 0.2) is 24.3 Å². The average Bonchev–Trinajstić information content (AvgIpc) is 3.18. The Morgan fingerprint density at radius 2 is 1.78 bits per heavy atom. The summed E-state index contributed by atoms with van der Waals surface area (Å²) in [6, 6.07) is 7.13. The van der Waals surface area contributed by atoms with Crippen LogP contribution in [-0.4, -0.2) is 57.7 Å². The topological polar surface area (TPSA) is 81.9 Å². The van der Waals surface area contributed by atoms with Gasteiger partial charge in [0.2, 0.25) is 5.91 Å². The van der Waals surface area contributed by atoms with Crippen LogP contribution in [0.2, 0.25) is 0 Å². The summed E-state index contributed by atoms with van der Waals surface area (Å²) in [6.07, 6.45) is -4.15. The molecule has 0 aliphatic carbocycles. The van der Waals surface area contributed by atoms with Crippen LogP contribution in [0.5, 0.6) is 11.5 Å². The first-order valence-corrected chi connectivity index (χ1v) is 9.91. The van der Waals surface area contributed by atoms with Crippen LogP contribution < -0.4 is 9.47 Å². The van der Waals surface area contributed by atoms with Gasteiger partial charge < -0.3 is 14.4 Å². The quantitative estimate of drug-likeness (QED) is 0.523. The number of methoxy groups -OCH3 is 1. The van der Waals surface area contributed by atoms with E-state index in [-0.39, 0.29) is 18.1 Å². The number of halogens is 3. The molecule has 0 aliphatic heterocycles. The van der Waals surface area contributed by atoms with Gasteiger partial charge in [0.25, 0.3) is 11.6 Å². The number of carbonyl (C=O) groups excluding carboxylic acids is 1. The molecule has 1 amide bonds. The number of hydrogen-bond donors (Lipinski definition) is 0. The molecule has 0 saturated carbocycles. The second kappa shape index (κ2) is 9.41. The highest BCUT2D eigenvalue weighted by Crippen LogP contribution is 2.27. The third-order valence-electron chi connectivity index (χ3n) is 5.07. The largest absolute Gasteiger partial charge is 0.497 e. The van der Waals surface area contributed by atoms with Crippen molar-refractivity contribution in [2.45, 2.75) is 32.9 Å². The first kappa shape index (κ1) is 23.3. The normalized spacial score (nSPS) is 11.6. The van der Waals surface area contributed by atoms with E-state index >= 15 is 0 Å². The fourth-order valence-electron chi connectivity index (χ4n) is 3.21. The summed E-state index contributed by atoms with van der Waals surface area (Å²) < 4.78 is 50.5. The summed E-state index contributed by atoms with van der Waals surface area (Å²) in [6.45, 7) is 4.03. The number of aromatic nitrogens is 4. The fourth-order valence-corrected chi connectivity index (χ4v) is 3.21. The minimum absolute atomic E-state index is 0.114. The summed E-state index contributed by atoms with van der Waals surface area (Å²) in [4.78, 5) is 21.6.